The standard InChI is InChI=1S/C16H19F3N4O2S/c1-11-3-4-12(16(17,18)19)9-14(11)26(24,25)23-8-5-20-10-13(23)15-21-6-7-22(15)2/h3-4,6-7,9,13,20H,5,8,10H2,1-2H3. The maximum Gasteiger partial charge on any atom is 0.416 e. The molecule has 142 valence electrons. The molecule has 0 saturated carbocycles. The number of piperazine rings is 1. The third-order valence-electron chi connectivity index (χ3n) is 4.45. The van der Waals surface area contributed by atoms with Crippen molar-refractivity contribution in [3.8, 4) is 0 Å². The second-order valence-electron chi connectivity index (χ2n) is 6.21. The molecular weight excluding hydrogens is 369 g/mol. The van der Waals surface area contributed by atoms with Crippen molar-refractivity contribution >= 4 is 10.0 Å². The number of hydrogen-bond acceptors (Lipinski definition) is 4. The minimum Gasteiger partial charge on any atom is -0.337 e. The molecule has 0 aliphatic carbocycles. The number of rotatable bonds is 3. The summed E-state index contributed by atoms with van der Waals surface area (Å²) in [5.74, 6) is 0.533. The number of nitrogens with zero attached hydrogens (tertiary/aromatic N) is 3. The van der Waals surface area contributed by atoms with Crippen LogP contribution in [0.2, 0.25) is 0 Å². The highest BCUT2D eigenvalue weighted by molar-refractivity contribution is 7.89. The zero-order valence-electron chi connectivity index (χ0n) is 14.3. The zero-order valence-corrected chi connectivity index (χ0v) is 15.1. The number of aromatic nitrogens is 2. The molecule has 3 rings (SSSR count). The summed E-state index contributed by atoms with van der Waals surface area (Å²) < 4.78 is 68.5. The van der Waals surface area contributed by atoms with Gasteiger partial charge in [-0.15, -0.1) is 0 Å². The molecule has 0 spiro atoms. The van der Waals surface area contributed by atoms with E-state index in [1.807, 2.05) is 0 Å². The number of sulfonamides is 1. The summed E-state index contributed by atoms with van der Waals surface area (Å²) >= 11 is 0. The van der Waals surface area contributed by atoms with Gasteiger partial charge in [0.2, 0.25) is 10.0 Å². The van der Waals surface area contributed by atoms with Gasteiger partial charge in [-0.3, -0.25) is 0 Å². The molecule has 26 heavy (non-hydrogen) atoms. The van der Waals surface area contributed by atoms with Gasteiger partial charge in [-0.25, -0.2) is 13.4 Å². The van der Waals surface area contributed by atoms with Gasteiger partial charge in [0, 0.05) is 39.1 Å². The Morgan fingerprint density at radius 2 is 2.04 bits per heavy atom. The quantitative estimate of drug-likeness (QED) is 0.874. The highest BCUT2D eigenvalue weighted by Gasteiger charge is 2.39. The molecule has 6 nitrogen and oxygen atoms in total. The second-order valence-corrected chi connectivity index (χ2v) is 8.07. The zero-order chi connectivity index (χ0) is 19.1. The summed E-state index contributed by atoms with van der Waals surface area (Å²) in [6, 6.07) is 2.20. The Morgan fingerprint density at radius 3 is 2.65 bits per heavy atom. The third-order valence-corrected chi connectivity index (χ3v) is 6.50. The number of hydrogen-bond donors (Lipinski definition) is 1. The van der Waals surface area contributed by atoms with Crippen LogP contribution in [-0.4, -0.2) is 41.9 Å². The van der Waals surface area contributed by atoms with Gasteiger partial charge >= 0.3 is 6.18 Å². The fraction of sp³-hybridized carbons (Fsp3) is 0.438. The molecule has 0 radical (unpaired) electrons. The molecule has 1 fully saturated rings. The minimum atomic E-state index is -4.61. The first-order chi connectivity index (χ1) is 12.1. The summed E-state index contributed by atoms with van der Waals surface area (Å²) in [5, 5.41) is 3.11. The fourth-order valence-electron chi connectivity index (χ4n) is 3.07. The van der Waals surface area contributed by atoms with E-state index in [1.54, 1.807) is 24.0 Å². The van der Waals surface area contributed by atoms with Crippen LogP contribution in [0.15, 0.2) is 35.5 Å². The molecule has 2 aromatic rings. The molecule has 1 aromatic heterocycles. The minimum absolute atomic E-state index is 0.148. The van der Waals surface area contributed by atoms with Gasteiger partial charge < -0.3 is 9.88 Å². The van der Waals surface area contributed by atoms with Crippen molar-refractivity contribution in [2.45, 2.75) is 24.0 Å². The molecule has 1 N–H and O–H groups in total. The first-order valence-corrected chi connectivity index (χ1v) is 9.44. The maximum absolute atomic E-state index is 13.2. The van der Waals surface area contributed by atoms with Crippen molar-refractivity contribution in [3.05, 3.63) is 47.5 Å². The Morgan fingerprint density at radius 1 is 1.31 bits per heavy atom. The van der Waals surface area contributed by atoms with Gasteiger partial charge in [0.25, 0.3) is 0 Å². The van der Waals surface area contributed by atoms with Gasteiger partial charge in [0.1, 0.15) is 5.82 Å². The lowest BCUT2D eigenvalue weighted by molar-refractivity contribution is -0.137. The van der Waals surface area contributed by atoms with Crippen LogP contribution >= 0.6 is 0 Å². The van der Waals surface area contributed by atoms with Crippen LogP contribution in [-0.2, 0) is 23.2 Å². The van der Waals surface area contributed by atoms with Crippen LogP contribution in [0.4, 0.5) is 13.2 Å². The SMILES string of the molecule is Cc1ccc(C(F)(F)F)cc1S(=O)(=O)N1CCNCC1c1nccn1C. The number of halogens is 3. The number of benzene rings is 1. The third kappa shape index (κ3) is 3.36. The molecule has 10 heteroatoms. The van der Waals surface area contributed by atoms with E-state index < -0.39 is 27.8 Å². The van der Waals surface area contributed by atoms with E-state index in [0.717, 1.165) is 6.07 Å². The summed E-state index contributed by atoms with van der Waals surface area (Å²) in [6.45, 7) is 2.39. The average molecular weight is 388 g/mol. The van der Waals surface area contributed by atoms with Crippen LogP contribution in [0.5, 0.6) is 0 Å². The molecule has 1 aromatic carbocycles. The second kappa shape index (κ2) is 6.67. The lowest BCUT2D eigenvalue weighted by Gasteiger charge is -2.35. The van der Waals surface area contributed by atoms with E-state index in [1.165, 1.54) is 17.3 Å². The monoisotopic (exact) mass is 388 g/mol. The van der Waals surface area contributed by atoms with Crippen molar-refractivity contribution in [2.75, 3.05) is 19.6 Å². The van der Waals surface area contributed by atoms with Gasteiger partial charge in [0.05, 0.1) is 16.5 Å². The highest BCUT2D eigenvalue weighted by atomic mass is 32.2. The largest absolute Gasteiger partial charge is 0.416 e. The number of aryl methyl sites for hydroxylation is 2. The van der Waals surface area contributed by atoms with Crippen LogP contribution in [0.1, 0.15) is 23.0 Å². The van der Waals surface area contributed by atoms with Gasteiger partial charge in [0.15, 0.2) is 0 Å². The van der Waals surface area contributed by atoms with E-state index in [9.17, 15) is 21.6 Å². The molecule has 1 aliphatic heterocycles. The van der Waals surface area contributed by atoms with Crippen molar-refractivity contribution in [2.24, 2.45) is 7.05 Å². The molecule has 0 amide bonds. The van der Waals surface area contributed by atoms with E-state index in [2.05, 4.69) is 10.3 Å². The number of alkyl halides is 3. The lowest BCUT2D eigenvalue weighted by Crippen LogP contribution is -2.49. The molecule has 1 aliphatic rings. The lowest BCUT2D eigenvalue weighted by atomic mass is 10.1. The Hall–Kier alpha value is -1.91. The molecular formula is C16H19F3N4O2S. The Kier molecular flexibility index (Phi) is 4.84. The summed E-state index contributed by atoms with van der Waals surface area (Å²) in [5.41, 5.74) is -0.708. The molecule has 2 heterocycles. The molecule has 1 unspecified atom stereocenters. The predicted octanol–water partition coefficient (Wildman–Crippen LogP) is 2.08. The highest BCUT2D eigenvalue weighted by Crippen LogP contribution is 2.34. The molecule has 1 atom stereocenters. The topological polar surface area (TPSA) is 67.2 Å². The fourth-order valence-corrected chi connectivity index (χ4v) is 4.91. The van der Waals surface area contributed by atoms with E-state index in [0.29, 0.717) is 25.0 Å². The Balaban J connectivity index is 2.08. The van der Waals surface area contributed by atoms with Crippen molar-refractivity contribution < 1.29 is 21.6 Å². The Bertz CT molecular complexity index is 908. The van der Waals surface area contributed by atoms with Crippen molar-refractivity contribution in [1.29, 1.82) is 0 Å². The van der Waals surface area contributed by atoms with Crippen LogP contribution in [0.25, 0.3) is 0 Å². The van der Waals surface area contributed by atoms with Crippen LogP contribution in [0.3, 0.4) is 0 Å². The van der Waals surface area contributed by atoms with E-state index in [-0.39, 0.29) is 17.0 Å². The van der Waals surface area contributed by atoms with Crippen LogP contribution in [0, 0.1) is 6.92 Å². The average Bonchev–Trinajstić information content (AvgIpc) is 3.00. The number of imidazole rings is 1. The maximum atomic E-state index is 13.2. The van der Waals surface area contributed by atoms with E-state index in [4.69, 9.17) is 0 Å². The number of nitrogens with one attached hydrogen (secondary N) is 1. The van der Waals surface area contributed by atoms with Crippen LogP contribution < -0.4 is 5.32 Å². The summed E-state index contributed by atoms with van der Waals surface area (Å²) in [6.07, 6.45) is -1.35. The normalized spacial score (nSPS) is 19.7. The summed E-state index contributed by atoms with van der Waals surface area (Å²) in [4.78, 5) is 3.89. The van der Waals surface area contributed by atoms with Crippen molar-refractivity contribution in [3.63, 3.8) is 0 Å². The first-order valence-electron chi connectivity index (χ1n) is 8.00. The van der Waals surface area contributed by atoms with Gasteiger partial charge in [-0.05, 0) is 24.6 Å². The van der Waals surface area contributed by atoms with Gasteiger partial charge in [-0.2, -0.15) is 17.5 Å². The molecule has 1 saturated heterocycles. The molecule has 0 bridgehead atoms. The first kappa shape index (κ1) is 18.9. The van der Waals surface area contributed by atoms with E-state index >= 15 is 0 Å². The van der Waals surface area contributed by atoms with Crippen molar-refractivity contribution in [1.82, 2.24) is 19.2 Å². The van der Waals surface area contributed by atoms with Gasteiger partial charge in [-0.1, -0.05) is 6.07 Å². The smallest absolute Gasteiger partial charge is 0.337 e. The summed E-state index contributed by atoms with van der Waals surface area (Å²) in [7, 11) is -2.38. The Labute approximate surface area is 149 Å². The predicted molar refractivity (Wildman–Crippen MR) is 88.9 cm³/mol.